The van der Waals surface area contributed by atoms with E-state index < -0.39 is 6.10 Å². The summed E-state index contributed by atoms with van der Waals surface area (Å²) < 4.78 is 0.903. The van der Waals surface area contributed by atoms with Gasteiger partial charge in [-0.2, -0.15) is 0 Å². The van der Waals surface area contributed by atoms with Crippen LogP contribution in [-0.4, -0.2) is 5.11 Å². The van der Waals surface area contributed by atoms with Crippen molar-refractivity contribution in [3.05, 3.63) is 68.7 Å². The molecule has 0 aliphatic heterocycles. The van der Waals surface area contributed by atoms with Gasteiger partial charge >= 0.3 is 0 Å². The normalized spacial score (nSPS) is 12.5. The lowest BCUT2D eigenvalue weighted by atomic mass is 10.0. The standard InChI is InChI=1S/C14H12BrClO/c1-9-8-10(6-7-13(9)16)14(17)11-4-2-3-5-12(11)15/h2-8,14,17H,1H3. The molecule has 88 valence electrons. The van der Waals surface area contributed by atoms with E-state index in [-0.39, 0.29) is 0 Å². The molecular formula is C14H12BrClO. The summed E-state index contributed by atoms with van der Waals surface area (Å²) >= 11 is 9.41. The highest BCUT2D eigenvalue weighted by Gasteiger charge is 2.13. The third-order valence-electron chi connectivity index (χ3n) is 2.70. The van der Waals surface area contributed by atoms with Crippen molar-refractivity contribution in [2.75, 3.05) is 0 Å². The summed E-state index contributed by atoms with van der Waals surface area (Å²) in [5, 5.41) is 11.0. The summed E-state index contributed by atoms with van der Waals surface area (Å²) in [5.74, 6) is 0. The van der Waals surface area contributed by atoms with E-state index in [0.717, 1.165) is 21.2 Å². The first-order valence-electron chi connectivity index (χ1n) is 5.28. The summed E-state index contributed by atoms with van der Waals surface area (Å²) in [6, 6.07) is 13.2. The molecule has 2 aromatic rings. The quantitative estimate of drug-likeness (QED) is 0.866. The summed E-state index contributed by atoms with van der Waals surface area (Å²) in [6.45, 7) is 1.93. The second kappa shape index (κ2) is 5.21. The molecule has 0 aromatic heterocycles. The minimum absolute atomic E-state index is 0.637. The lowest BCUT2D eigenvalue weighted by molar-refractivity contribution is 0.219. The topological polar surface area (TPSA) is 20.2 Å². The van der Waals surface area contributed by atoms with E-state index in [1.165, 1.54) is 0 Å². The maximum absolute atomic E-state index is 10.3. The molecule has 1 N–H and O–H groups in total. The van der Waals surface area contributed by atoms with Crippen LogP contribution in [0.3, 0.4) is 0 Å². The Bertz CT molecular complexity index is 539. The first-order chi connectivity index (χ1) is 8.09. The highest BCUT2D eigenvalue weighted by molar-refractivity contribution is 9.10. The van der Waals surface area contributed by atoms with E-state index in [0.29, 0.717) is 5.02 Å². The molecule has 0 aliphatic rings. The molecule has 2 aromatic carbocycles. The first kappa shape index (κ1) is 12.6. The predicted octanol–water partition coefficient (Wildman–Crippen LogP) is 4.49. The van der Waals surface area contributed by atoms with Gasteiger partial charge in [0.2, 0.25) is 0 Å². The van der Waals surface area contributed by atoms with Gasteiger partial charge in [0.25, 0.3) is 0 Å². The Morgan fingerprint density at radius 2 is 1.88 bits per heavy atom. The Labute approximate surface area is 114 Å². The summed E-state index contributed by atoms with van der Waals surface area (Å²) in [7, 11) is 0. The number of hydrogen-bond donors (Lipinski definition) is 1. The van der Waals surface area contributed by atoms with Crippen molar-refractivity contribution in [3.8, 4) is 0 Å². The number of rotatable bonds is 2. The molecule has 0 fully saturated rings. The van der Waals surface area contributed by atoms with Crippen LogP contribution in [0, 0.1) is 6.92 Å². The number of aliphatic hydroxyl groups excluding tert-OH is 1. The fourth-order valence-electron chi connectivity index (χ4n) is 1.71. The van der Waals surface area contributed by atoms with E-state index in [2.05, 4.69) is 15.9 Å². The van der Waals surface area contributed by atoms with Gasteiger partial charge in [-0.25, -0.2) is 0 Å². The zero-order valence-electron chi connectivity index (χ0n) is 9.32. The van der Waals surface area contributed by atoms with Crippen LogP contribution < -0.4 is 0 Å². The average Bonchev–Trinajstić information content (AvgIpc) is 2.32. The van der Waals surface area contributed by atoms with Gasteiger partial charge in [0.05, 0.1) is 0 Å². The van der Waals surface area contributed by atoms with Gasteiger partial charge in [-0.05, 0) is 35.7 Å². The van der Waals surface area contributed by atoms with Crippen LogP contribution in [-0.2, 0) is 0 Å². The zero-order valence-corrected chi connectivity index (χ0v) is 11.7. The Kier molecular flexibility index (Phi) is 3.87. The van der Waals surface area contributed by atoms with E-state index in [1.807, 2.05) is 49.4 Å². The third kappa shape index (κ3) is 2.71. The van der Waals surface area contributed by atoms with Crippen LogP contribution >= 0.6 is 27.5 Å². The van der Waals surface area contributed by atoms with Gasteiger partial charge in [-0.15, -0.1) is 0 Å². The Balaban J connectivity index is 2.40. The second-order valence-electron chi connectivity index (χ2n) is 3.93. The molecule has 1 unspecified atom stereocenters. The highest BCUT2D eigenvalue weighted by Crippen LogP contribution is 2.30. The van der Waals surface area contributed by atoms with Crippen molar-refractivity contribution in [1.29, 1.82) is 0 Å². The summed E-state index contributed by atoms with van der Waals surface area (Å²) in [4.78, 5) is 0. The number of aliphatic hydroxyl groups is 1. The molecule has 0 amide bonds. The van der Waals surface area contributed by atoms with Gasteiger partial charge in [-0.1, -0.05) is 57.9 Å². The van der Waals surface area contributed by atoms with Gasteiger partial charge < -0.3 is 5.11 Å². The number of aryl methyl sites for hydroxylation is 1. The van der Waals surface area contributed by atoms with Crippen molar-refractivity contribution in [1.82, 2.24) is 0 Å². The van der Waals surface area contributed by atoms with Crippen LogP contribution in [0.4, 0.5) is 0 Å². The molecule has 0 spiro atoms. The Hall–Kier alpha value is -0.830. The monoisotopic (exact) mass is 310 g/mol. The van der Waals surface area contributed by atoms with E-state index in [4.69, 9.17) is 11.6 Å². The molecule has 0 radical (unpaired) electrons. The van der Waals surface area contributed by atoms with Gasteiger partial charge in [0, 0.05) is 9.50 Å². The van der Waals surface area contributed by atoms with E-state index >= 15 is 0 Å². The molecular weight excluding hydrogens is 300 g/mol. The SMILES string of the molecule is Cc1cc(C(O)c2ccccc2Br)ccc1Cl. The molecule has 0 saturated heterocycles. The molecule has 17 heavy (non-hydrogen) atoms. The minimum atomic E-state index is -0.637. The minimum Gasteiger partial charge on any atom is -0.384 e. The second-order valence-corrected chi connectivity index (χ2v) is 5.19. The fourth-order valence-corrected chi connectivity index (χ4v) is 2.33. The lowest BCUT2D eigenvalue weighted by Gasteiger charge is -2.14. The summed E-state index contributed by atoms with van der Waals surface area (Å²) in [6.07, 6.45) is -0.637. The van der Waals surface area contributed by atoms with Crippen molar-refractivity contribution in [2.45, 2.75) is 13.0 Å². The van der Waals surface area contributed by atoms with Gasteiger partial charge in [0.1, 0.15) is 6.10 Å². The molecule has 0 heterocycles. The van der Waals surface area contributed by atoms with E-state index in [1.54, 1.807) is 0 Å². The van der Waals surface area contributed by atoms with Crippen molar-refractivity contribution < 1.29 is 5.11 Å². The average molecular weight is 312 g/mol. The number of halogens is 2. The van der Waals surface area contributed by atoms with Crippen LogP contribution in [0.25, 0.3) is 0 Å². The fraction of sp³-hybridized carbons (Fsp3) is 0.143. The molecule has 0 bridgehead atoms. The molecule has 0 aliphatic carbocycles. The Morgan fingerprint density at radius 3 is 2.53 bits per heavy atom. The maximum Gasteiger partial charge on any atom is 0.105 e. The molecule has 1 nitrogen and oxygen atoms in total. The van der Waals surface area contributed by atoms with Crippen molar-refractivity contribution >= 4 is 27.5 Å². The largest absolute Gasteiger partial charge is 0.384 e. The van der Waals surface area contributed by atoms with Crippen LogP contribution in [0.15, 0.2) is 46.9 Å². The number of benzene rings is 2. The maximum atomic E-state index is 10.3. The number of hydrogen-bond acceptors (Lipinski definition) is 1. The highest BCUT2D eigenvalue weighted by atomic mass is 79.9. The molecule has 2 rings (SSSR count). The lowest BCUT2D eigenvalue weighted by Crippen LogP contribution is -2.00. The van der Waals surface area contributed by atoms with Crippen LogP contribution in [0.5, 0.6) is 0 Å². The van der Waals surface area contributed by atoms with Crippen molar-refractivity contribution in [2.24, 2.45) is 0 Å². The molecule has 1 atom stereocenters. The molecule has 0 saturated carbocycles. The smallest absolute Gasteiger partial charge is 0.105 e. The summed E-state index contributed by atoms with van der Waals surface area (Å²) in [5.41, 5.74) is 2.67. The Morgan fingerprint density at radius 1 is 1.18 bits per heavy atom. The van der Waals surface area contributed by atoms with Crippen LogP contribution in [0.1, 0.15) is 22.8 Å². The zero-order chi connectivity index (χ0) is 12.4. The van der Waals surface area contributed by atoms with Crippen molar-refractivity contribution in [3.63, 3.8) is 0 Å². The van der Waals surface area contributed by atoms with Gasteiger partial charge in [-0.3, -0.25) is 0 Å². The van der Waals surface area contributed by atoms with Gasteiger partial charge in [0.15, 0.2) is 0 Å². The van der Waals surface area contributed by atoms with E-state index in [9.17, 15) is 5.11 Å². The molecule has 3 heteroatoms. The third-order valence-corrected chi connectivity index (χ3v) is 3.84. The van der Waals surface area contributed by atoms with Crippen LogP contribution in [0.2, 0.25) is 5.02 Å². The first-order valence-corrected chi connectivity index (χ1v) is 6.45. The predicted molar refractivity (Wildman–Crippen MR) is 74.4 cm³/mol.